The molecule has 1 aliphatic heterocycles. The van der Waals surface area contributed by atoms with E-state index in [1.807, 2.05) is 48.5 Å². The topological polar surface area (TPSA) is 111 Å². The molecule has 3 heterocycles. The monoisotopic (exact) mass is 467 g/mol. The lowest BCUT2D eigenvalue weighted by molar-refractivity contribution is 0.159. The Hall–Kier alpha value is -3.21. The van der Waals surface area contributed by atoms with E-state index in [-0.39, 0.29) is 5.56 Å². The highest BCUT2D eigenvalue weighted by Gasteiger charge is 2.23. The third kappa shape index (κ3) is 4.63. The molecule has 2 aromatic heterocycles. The van der Waals surface area contributed by atoms with E-state index in [1.54, 1.807) is 0 Å². The summed E-state index contributed by atoms with van der Waals surface area (Å²) in [4.78, 5) is 25.5. The number of aromatic nitrogens is 3. The van der Waals surface area contributed by atoms with E-state index in [0.29, 0.717) is 49.9 Å². The Labute approximate surface area is 191 Å². The predicted octanol–water partition coefficient (Wildman–Crippen LogP) is 2.03. The van der Waals surface area contributed by atoms with Crippen molar-refractivity contribution in [3.63, 3.8) is 0 Å². The molecule has 0 bridgehead atoms. The molecule has 0 unspecified atom stereocenters. The van der Waals surface area contributed by atoms with Crippen molar-refractivity contribution in [1.82, 2.24) is 24.2 Å². The standard InChI is InChI=1S/C23H25N5O4S/c1-33(30,31)28-10-8-27(9-11-28)12-13-32-17-6-7-20-21(15-17)25-22(24-20)18-14-16-4-2-3-5-19(16)26-23(18)29/h2-7,14-15H,8-13H2,1H3,(H,24,25)(H,26,29). The molecule has 10 heteroatoms. The van der Waals surface area contributed by atoms with E-state index in [2.05, 4.69) is 19.9 Å². The summed E-state index contributed by atoms with van der Waals surface area (Å²) < 4.78 is 30.7. The molecule has 2 aromatic carbocycles. The molecule has 2 N–H and O–H groups in total. The van der Waals surface area contributed by atoms with Gasteiger partial charge in [-0.3, -0.25) is 9.69 Å². The number of fused-ring (bicyclic) bond motifs is 2. The zero-order valence-electron chi connectivity index (χ0n) is 18.2. The Kier molecular flexibility index (Phi) is 5.65. The number of hydrogen-bond donors (Lipinski definition) is 2. The Morgan fingerprint density at radius 3 is 2.58 bits per heavy atom. The summed E-state index contributed by atoms with van der Waals surface area (Å²) >= 11 is 0. The highest BCUT2D eigenvalue weighted by molar-refractivity contribution is 7.88. The van der Waals surface area contributed by atoms with Crippen molar-refractivity contribution in [3.05, 3.63) is 58.9 Å². The molecule has 0 aliphatic carbocycles. The number of para-hydroxylation sites is 1. The van der Waals surface area contributed by atoms with Crippen LogP contribution in [0.15, 0.2) is 53.3 Å². The van der Waals surface area contributed by atoms with E-state index in [9.17, 15) is 13.2 Å². The molecule has 1 fully saturated rings. The van der Waals surface area contributed by atoms with Crippen molar-refractivity contribution in [1.29, 1.82) is 0 Å². The van der Waals surface area contributed by atoms with E-state index in [4.69, 9.17) is 4.74 Å². The SMILES string of the molecule is CS(=O)(=O)N1CCN(CCOc2ccc3nc(-c4cc5ccccc5[nH]c4=O)[nH]c3c2)CC1. The van der Waals surface area contributed by atoms with Gasteiger partial charge in [0.25, 0.3) is 5.56 Å². The number of aromatic amines is 2. The van der Waals surface area contributed by atoms with Gasteiger partial charge in [-0.1, -0.05) is 18.2 Å². The first kappa shape index (κ1) is 21.6. The molecule has 0 amide bonds. The first-order valence-corrected chi connectivity index (χ1v) is 12.6. The largest absolute Gasteiger partial charge is 0.492 e. The summed E-state index contributed by atoms with van der Waals surface area (Å²) in [7, 11) is -3.12. The highest BCUT2D eigenvalue weighted by atomic mass is 32.2. The number of ether oxygens (including phenoxy) is 1. The number of imidazole rings is 1. The fourth-order valence-corrected chi connectivity index (χ4v) is 4.93. The van der Waals surface area contributed by atoms with E-state index < -0.39 is 10.0 Å². The van der Waals surface area contributed by atoms with Crippen molar-refractivity contribution in [2.75, 3.05) is 45.6 Å². The van der Waals surface area contributed by atoms with Crippen molar-refractivity contribution >= 4 is 32.0 Å². The van der Waals surface area contributed by atoms with Gasteiger partial charge < -0.3 is 14.7 Å². The fraction of sp³-hybridized carbons (Fsp3) is 0.304. The second kappa shape index (κ2) is 8.62. The summed E-state index contributed by atoms with van der Waals surface area (Å²) in [6.07, 6.45) is 1.25. The van der Waals surface area contributed by atoms with Gasteiger partial charge in [0, 0.05) is 44.3 Å². The lowest BCUT2D eigenvalue weighted by Crippen LogP contribution is -2.49. The molecule has 172 valence electrons. The Morgan fingerprint density at radius 1 is 1.00 bits per heavy atom. The maximum atomic E-state index is 12.6. The number of nitrogens with one attached hydrogen (secondary N) is 2. The van der Waals surface area contributed by atoms with Crippen LogP contribution < -0.4 is 10.3 Å². The van der Waals surface area contributed by atoms with Gasteiger partial charge in [-0.15, -0.1) is 0 Å². The zero-order chi connectivity index (χ0) is 23.0. The zero-order valence-corrected chi connectivity index (χ0v) is 19.1. The van der Waals surface area contributed by atoms with Gasteiger partial charge in [-0.05, 0) is 29.7 Å². The number of nitrogens with zero attached hydrogens (tertiary/aromatic N) is 3. The van der Waals surface area contributed by atoms with Crippen LogP contribution in [0.2, 0.25) is 0 Å². The molecule has 4 aromatic rings. The van der Waals surface area contributed by atoms with Gasteiger partial charge in [0.2, 0.25) is 10.0 Å². The van der Waals surface area contributed by atoms with Gasteiger partial charge in [0.05, 0.1) is 22.9 Å². The molecule has 5 rings (SSSR count). The van der Waals surface area contributed by atoms with E-state index in [0.717, 1.165) is 28.5 Å². The summed E-state index contributed by atoms with van der Waals surface area (Å²) in [5.41, 5.74) is 2.62. The maximum absolute atomic E-state index is 12.6. The van der Waals surface area contributed by atoms with Crippen LogP contribution in [0.3, 0.4) is 0 Å². The molecule has 33 heavy (non-hydrogen) atoms. The number of hydrogen-bond acceptors (Lipinski definition) is 6. The van der Waals surface area contributed by atoms with Crippen LogP contribution in [0, 0.1) is 0 Å². The average Bonchev–Trinajstić information content (AvgIpc) is 3.21. The molecule has 1 saturated heterocycles. The first-order valence-electron chi connectivity index (χ1n) is 10.8. The Balaban J connectivity index is 1.26. The minimum Gasteiger partial charge on any atom is -0.492 e. The highest BCUT2D eigenvalue weighted by Crippen LogP contribution is 2.24. The minimum absolute atomic E-state index is 0.194. The first-order chi connectivity index (χ1) is 15.9. The molecular formula is C23H25N5O4S. The van der Waals surface area contributed by atoms with Crippen LogP contribution >= 0.6 is 0 Å². The number of benzene rings is 2. The summed E-state index contributed by atoms with van der Waals surface area (Å²) in [5.74, 6) is 1.22. The van der Waals surface area contributed by atoms with Gasteiger partial charge in [-0.25, -0.2) is 13.4 Å². The third-order valence-electron chi connectivity index (χ3n) is 5.94. The second-order valence-corrected chi connectivity index (χ2v) is 10.2. The van der Waals surface area contributed by atoms with E-state index >= 15 is 0 Å². The van der Waals surface area contributed by atoms with Crippen molar-refractivity contribution in [3.8, 4) is 17.1 Å². The quantitative estimate of drug-likeness (QED) is 0.449. The number of piperazine rings is 1. The Morgan fingerprint density at radius 2 is 1.79 bits per heavy atom. The van der Waals surface area contributed by atoms with Crippen LogP contribution in [0.5, 0.6) is 5.75 Å². The minimum atomic E-state index is -3.12. The number of H-pyrrole nitrogens is 2. The summed E-state index contributed by atoms with van der Waals surface area (Å²) in [5, 5.41) is 0.939. The fourth-order valence-electron chi connectivity index (χ4n) is 4.11. The molecule has 0 saturated carbocycles. The molecular weight excluding hydrogens is 442 g/mol. The van der Waals surface area contributed by atoms with Gasteiger partial charge in [0.1, 0.15) is 18.2 Å². The predicted molar refractivity (Wildman–Crippen MR) is 128 cm³/mol. The molecule has 0 spiro atoms. The summed E-state index contributed by atoms with van der Waals surface area (Å²) in [6, 6.07) is 15.1. The number of sulfonamides is 1. The van der Waals surface area contributed by atoms with Crippen molar-refractivity contribution in [2.45, 2.75) is 0 Å². The van der Waals surface area contributed by atoms with Crippen molar-refractivity contribution in [2.24, 2.45) is 0 Å². The van der Waals surface area contributed by atoms with Crippen molar-refractivity contribution < 1.29 is 13.2 Å². The van der Waals surface area contributed by atoms with Crippen LogP contribution in [-0.2, 0) is 10.0 Å². The second-order valence-electron chi connectivity index (χ2n) is 8.22. The maximum Gasteiger partial charge on any atom is 0.259 e. The van der Waals surface area contributed by atoms with Crippen LogP contribution in [0.25, 0.3) is 33.3 Å². The molecule has 0 radical (unpaired) electrons. The molecule has 0 atom stereocenters. The van der Waals surface area contributed by atoms with Crippen LogP contribution in [0.4, 0.5) is 0 Å². The lowest BCUT2D eigenvalue weighted by atomic mass is 10.1. The normalized spacial score (nSPS) is 15.9. The third-order valence-corrected chi connectivity index (χ3v) is 7.24. The van der Waals surface area contributed by atoms with Gasteiger partial charge >= 0.3 is 0 Å². The van der Waals surface area contributed by atoms with Gasteiger partial charge in [0.15, 0.2) is 0 Å². The van der Waals surface area contributed by atoms with Crippen LogP contribution in [-0.4, -0.2) is 78.2 Å². The molecule has 9 nitrogen and oxygen atoms in total. The number of rotatable bonds is 6. The lowest BCUT2D eigenvalue weighted by Gasteiger charge is -2.33. The average molecular weight is 468 g/mol. The van der Waals surface area contributed by atoms with Crippen LogP contribution in [0.1, 0.15) is 0 Å². The van der Waals surface area contributed by atoms with Gasteiger partial charge in [-0.2, -0.15) is 4.31 Å². The summed E-state index contributed by atoms with van der Waals surface area (Å²) in [6.45, 7) is 3.62. The molecule has 1 aliphatic rings. The van der Waals surface area contributed by atoms with E-state index in [1.165, 1.54) is 10.6 Å². The number of pyridine rings is 1. The Bertz CT molecular complexity index is 1470. The smallest absolute Gasteiger partial charge is 0.259 e.